The van der Waals surface area contributed by atoms with E-state index in [9.17, 15) is 9.90 Å². The van der Waals surface area contributed by atoms with Gasteiger partial charge in [-0.25, -0.2) is 0 Å². The Bertz CT molecular complexity index is 913. The monoisotopic (exact) mass is 513 g/mol. The number of hydrogen-bond donors (Lipinski definition) is 1. The van der Waals surface area contributed by atoms with Gasteiger partial charge in [0.15, 0.2) is 15.8 Å². The summed E-state index contributed by atoms with van der Waals surface area (Å²) in [7, 11) is 0. The molecule has 0 atom stereocenters. The number of carbonyl (C=O) groups is 1. The summed E-state index contributed by atoms with van der Waals surface area (Å²) in [6.07, 6.45) is 1.74. The molecule has 0 aliphatic carbocycles. The summed E-state index contributed by atoms with van der Waals surface area (Å²) in [6.45, 7) is 2.26. The van der Waals surface area contributed by atoms with Crippen molar-refractivity contribution in [3.8, 4) is 11.5 Å². The molecule has 2 aromatic rings. The van der Waals surface area contributed by atoms with E-state index < -0.39 is 0 Å². The van der Waals surface area contributed by atoms with Crippen LogP contribution in [-0.2, 0) is 4.79 Å². The Morgan fingerprint density at radius 2 is 1.96 bits per heavy atom. The minimum atomic E-state index is -0.176. The fraction of sp³-hybridized carbons (Fsp3) is 0.111. The highest BCUT2D eigenvalue weighted by molar-refractivity contribution is 9.10. The van der Waals surface area contributed by atoms with Crippen molar-refractivity contribution >= 4 is 77.8 Å². The van der Waals surface area contributed by atoms with Gasteiger partial charge in [-0.05, 0) is 70.9 Å². The molecule has 8 heteroatoms. The number of carbonyl (C=O) groups excluding carboxylic acids is 1. The average molecular weight is 515 g/mol. The van der Waals surface area contributed by atoms with E-state index in [0.717, 1.165) is 15.7 Å². The first-order valence-electron chi connectivity index (χ1n) is 7.59. The van der Waals surface area contributed by atoms with E-state index in [1.807, 2.05) is 31.2 Å². The molecule has 1 aliphatic rings. The van der Waals surface area contributed by atoms with Crippen LogP contribution in [0, 0.1) is 0 Å². The van der Waals surface area contributed by atoms with E-state index >= 15 is 0 Å². The van der Waals surface area contributed by atoms with Crippen molar-refractivity contribution in [3.63, 3.8) is 0 Å². The molecule has 1 fully saturated rings. The van der Waals surface area contributed by atoms with Crippen LogP contribution in [-0.4, -0.2) is 21.9 Å². The van der Waals surface area contributed by atoms with Gasteiger partial charge in [-0.1, -0.05) is 39.9 Å². The van der Waals surface area contributed by atoms with Crippen molar-refractivity contribution in [2.24, 2.45) is 0 Å². The fourth-order valence-electron chi connectivity index (χ4n) is 2.37. The Morgan fingerprint density at radius 3 is 2.62 bits per heavy atom. The van der Waals surface area contributed by atoms with E-state index in [4.69, 9.17) is 17.0 Å². The van der Waals surface area contributed by atoms with Crippen LogP contribution < -0.4 is 9.64 Å². The third kappa shape index (κ3) is 3.98. The molecule has 1 saturated heterocycles. The third-order valence-corrected chi connectivity index (χ3v) is 5.96. The first-order chi connectivity index (χ1) is 12.4. The molecule has 3 rings (SSSR count). The van der Waals surface area contributed by atoms with E-state index in [1.54, 1.807) is 18.2 Å². The maximum Gasteiger partial charge on any atom is 0.270 e. The van der Waals surface area contributed by atoms with Crippen LogP contribution in [0.3, 0.4) is 0 Å². The first kappa shape index (κ1) is 19.4. The SMILES string of the molecule is CCOc1cc(/C=C2/SC(=S)N(c3ccc(Br)cc3)C2=O)cc(Br)c1O. The zero-order valence-electron chi connectivity index (χ0n) is 13.5. The molecular weight excluding hydrogens is 502 g/mol. The number of ether oxygens (including phenoxy) is 1. The lowest BCUT2D eigenvalue weighted by Gasteiger charge is -2.14. The Kier molecular flexibility index (Phi) is 6.06. The molecule has 134 valence electrons. The van der Waals surface area contributed by atoms with Gasteiger partial charge in [0.05, 0.1) is 21.7 Å². The molecule has 0 unspecified atom stereocenters. The van der Waals surface area contributed by atoms with Gasteiger partial charge in [-0.15, -0.1) is 0 Å². The van der Waals surface area contributed by atoms with Gasteiger partial charge >= 0.3 is 0 Å². The van der Waals surface area contributed by atoms with Crippen molar-refractivity contribution in [2.45, 2.75) is 6.92 Å². The number of phenolic OH excluding ortho intramolecular Hbond substituents is 1. The highest BCUT2D eigenvalue weighted by Crippen LogP contribution is 2.39. The second kappa shape index (κ2) is 8.12. The summed E-state index contributed by atoms with van der Waals surface area (Å²) in [4.78, 5) is 14.8. The van der Waals surface area contributed by atoms with Crippen LogP contribution in [0.2, 0.25) is 0 Å². The quantitative estimate of drug-likeness (QED) is 0.417. The summed E-state index contributed by atoms with van der Waals surface area (Å²) in [5.41, 5.74) is 1.45. The molecule has 0 radical (unpaired) electrons. The number of phenols is 1. The number of halogens is 2. The van der Waals surface area contributed by atoms with Gasteiger partial charge < -0.3 is 9.84 Å². The summed E-state index contributed by atoms with van der Waals surface area (Å²) in [5, 5.41) is 10.0. The summed E-state index contributed by atoms with van der Waals surface area (Å²) < 4.78 is 7.34. The number of thioether (sulfide) groups is 1. The molecular formula is C18H13Br2NO3S2. The average Bonchev–Trinajstić information content (AvgIpc) is 2.87. The van der Waals surface area contributed by atoms with Crippen LogP contribution in [0.1, 0.15) is 12.5 Å². The zero-order valence-corrected chi connectivity index (χ0v) is 18.3. The topological polar surface area (TPSA) is 49.8 Å². The Morgan fingerprint density at radius 1 is 1.27 bits per heavy atom. The van der Waals surface area contributed by atoms with Gasteiger partial charge in [-0.3, -0.25) is 9.69 Å². The standard InChI is InChI=1S/C18H13Br2NO3S2/c1-2-24-14-8-10(7-13(20)16(14)22)9-15-17(23)21(18(25)26-15)12-5-3-11(19)4-6-12/h3-9,22H,2H2,1H3/b15-9+. The van der Waals surface area contributed by atoms with Crippen LogP contribution in [0.25, 0.3) is 6.08 Å². The lowest BCUT2D eigenvalue weighted by Crippen LogP contribution is -2.27. The Balaban J connectivity index is 1.94. The van der Waals surface area contributed by atoms with Crippen LogP contribution in [0.5, 0.6) is 11.5 Å². The second-order valence-electron chi connectivity index (χ2n) is 5.28. The molecule has 2 aromatic carbocycles. The highest BCUT2D eigenvalue weighted by atomic mass is 79.9. The minimum Gasteiger partial charge on any atom is -0.503 e. The van der Waals surface area contributed by atoms with Crippen molar-refractivity contribution in [1.29, 1.82) is 0 Å². The first-order valence-corrected chi connectivity index (χ1v) is 10.4. The number of rotatable bonds is 4. The summed E-state index contributed by atoms with van der Waals surface area (Å²) in [5.74, 6) is 0.215. The number of anilines is 1. The molecule has 0 saturated carbocycles. The lowest BCUT2D eigenvalue weighted by molar-refractivity contribution is -0.113. The number of amides is 1. The number of nitrogens with zero attached hydrogens (tertiary/aromatic N) is 1. The zero-order chi connectivity index (χ0) is 18.8. The second-order valence-corrected chi connectivity index (χ2v) is 8.72. The molecule has 1 amide bonds. The smallest absolute Gasteiger partial charge is 0.270 e. The molecule has 26 heavy (non-hydrogen) atoms. The maximum atomic E-state index is 12.8. The molecule has 0 bridgehead atoms. The van der Waals surface area contributed by atoms with Crippen molar-refractivity contribution < 1.29 is 14.6 Å². The largest absolute Gasteiger partial charge is 0.503 e. The van der Waals surface area contributed by atoms with Gasteiger partial charge in [0.2, 0.25) is 0 Å². The number of hydrogen-bond acceptors (Lipinski definition) is 5. The predicted octanol–water partition coefficient (Wildman–Crippen LogP) is 5.72. The van der Waals surface area contributed by atoms with E-state index in [1.165, 1.54) is 16.7 Å². The molecule has 4 nitrogen and oxygen atoms in total. The number of benzene rings is 2. The van der Waals surface area contributed by atoms with Gasteiger partial charge in [0.25, 0.3) is 5.91 Å². The molecule has 1 heterocycles. The molecule has 1 N–H and O–H groups in total. The summed E-state index contributed by atoms with van der Waals surface area (Å²) in [6, 6.07) is 10.8. The van der Waals surface area contributed by atoms with E-state index in [0.29, 0.717) is 26.1 Å². The van der Waals surface area contributed by atoms with E-state index in [2.05, 4.69) is 31.9 Å². The molecule has 0 spiro atoms. The number of aromatic hydroxyl groups is 1. The highest BCUT2D eigenvalue weighted by Gasteiger charge is 2.33. The Labute approximate surface area is 177 Å². The van der Waals surface area contributed by atoms with E-state index in [-0.39, 0.29) is 11.7 Å². The molecule has 0 aromatic heterocycles. The number of thiocarbonyl (C=S) groups is 1. The van der Waals surface area contributed by atoms with Gasteiger partial charge in [-0.2, -0.15) is 0 Å². The fourth-order valence-corrected chi connectivity index (χ4v) is 4.40. The van der Waals surface area contributed by atoms with Crippen LogP contribution in [0.15, 0.2) is 50.2 Å². The minimum absolute atomic E-state index is 0.0337. The Hall–Kier alpha value is -1.35. The van der Waals surface area contributed by atoms with Crippen LogP contribution in [0.4, 0.5) is 5.69 Å². The van der Waals surface area contributed by atoms with Crippen molar-refractivity contribution in [3.05, 3.63) is 55.8 Å². The predicted molar refractivity (Wildman–Crippen MR) is 117 cm³/mol. The normalized spacial score (nSPS) is 15.8. The molecule has 1 aliphatic heterocycles. The van der Waals surface area contributed by atoms with Crippen molar-refractivity contribution in [1.82, 2.24) is 0 Å². The third-order valence-electron chi connectivity index (χ3n) is 3.53. The lowest BCUT2D eigenvalue weighted by atomic mass is 10.2. The van der Waals surface area contributed by atoms with Crippen LogP contribution >= 0.6 is 55.8 Å². The van der Waals surface area contributed by atoms with Gasteiger partial charge in [0.1, 0.15) is 0 Å². The van der Waals surface area contributed by atoms with Gasteiger partial charge in [0, 0.05) is 4.47 Å². The maximum absolute atomic E-state index is 12.8. The van der Waals surface area contributed by atoms with Crippen molar-refractivity contribution in [2.75, 3.05) is 11.5 Å². The summed E-state index contributed by atoms with van der Waals surface area (Å²) >= 11 is 13.3.